The molecule has 5 nitrogen and oxygen atoms in total. The van der Waals surface area contributed by atoms with E-state index in [9.17, 15) is 14.3 Å². The maximum absolute atomic E-state index is 13.2. The highest BCUT2D eigenvalue weighted by Gasteiger charge is 2.16. The first-order chi connectivity index (χ1) is 9.52. The van der Waals surface area contributed by atoms with Gasteiger partial charge >= 0.3 is 0 Å². The van der Waals surface area contributed by atoms with E-state index in [0.717, 1.165) is 6.07 Å². The molecule has 1 aromatic carbocycles. The Labute approximate surface area is 115 Å². The number of hydrogen-bond acceptors (Lipinski definition) is 4. The second-order valence-electron chi connectivity index (χ2n) is 4.26. The van der Waals surface area contributed by atoms with E-state index in [1.54, 1.807) is 6.92 Å². The number of benzene rings is 1. The zero-order valence-corrected chi connectivity index (χ0v) is 11.2. The van der Waals surface area contributed by atoms with Crippen molar-refractivity contribution in [3.05, 3.63) is 46.3 Å². The molecule has 2 aromatic rings. The summed E-state index contributed by atoms with van der Waals surface area (Å²) in [5.74, 6) is -0.705. The third-order valence-corrected chi connectivity index (χ3v) is 2.83. The van der Waals surface area contributed by atoms with Gasteiger partial charge in [0.15, 0.2) is 0 Å². The quantitative estimate of drug-likeness (QED) is 0.900. The van der Waals surface area contributed by atoms with Gasteiger partial charge in [0.2, 0.25) is 5.88 Å². The summed E-state index contributed by atoms with van der Waals surface area (Å²) in [7, 11) is 0. The molecule has 0 aliphatic heterocycles. The van der Waals surface area contributed by atoms with Gasteiger partial charge in [-0.25, -0.2) is 4.39 Å². The van der Waals surface area contributed by atoms with Crippen LogP contribution in [0, 0.1) is 5.82 Å². The lowest BCUT2D eigenvalue weighted by molar-refractivity contribution is 0.0694. The van der Waals surface area contributed by atoms with Gasteiger partial charge in [-0.1, -0.05) is 12.1 Å². The molecule has 0 aliphatic carbocycles. The van der Waals surface area contributed by atoms with Crippen LogP contribution in [-0.2, 0) is 4.74 Å². The lowest BCUT2D eigenvalue weighted by Crippen LogP contribution is -2.16. The molecule has 0 bridgehead atoms. The minimum absolute atomic E-state index is 0.0584. The molecule has 0 spiro atoms. The van der Waals surface area contributed by atoms with Crippen molar-refractivity contribution in [1.82, 2.24) is 9.97 Å². The van der Waals surface area contributed by atoms with E-state index >= 15 is 0 Å². The maximum Gasteiger partial charge on any atom is 0.262 e. The zero-order valence-electron chi connectivity index (χ0n) is 11.2. The van der Waals surface area contributed by atoms with E-state index in [0.29, 0.717) is 6.61 Å². The lowest BCUT2D eigenvalue weighted by Gasteiger charge is -2.12. The SMILES string of the molecule is CCOC(C)c1nc(O)c(-c2cccc(F)c2)c(=O)[nH]1. The van der Waals surface area contributed by atoms with Gasteiger partial charge in [0.05, 0.1) is 0 Å². The molecule has 2 N–H and O–H groups in total. The molecule has 0 radical (unpaired) electrons. The summed E-state index contributed by atoms with van der Waals surface area (Å²) in [6, 6.07) is 5.41. The van der Waals surface area contributed by atoms with E-state index in [4.69, 9.17) is 4.74 Å². The summed E-state index contributed by atoms with van der Waals surface area (Å²) in [4.78, 5) is 18.5. The van der Waals surface area contributed by atoms with Crippen molar-refractivity contribution in [2.24, 2.45) is 0 Å². The summed E-state index contributed by atoms with van der Waals surface area (Å²) < 4.78 is 18.5. The average molecular weight is 278 g/mol. The van der Waals surface area contributed by atoms with Crippen molar-refractivity contribution < 1.29 is 14.2 Å². The molecule has 0 saturated carbocycles. The van der Waals surface area contributed by atoms with Crippen molar-refractivity contribution in [3.8, 4) is 17.0 Å². The Kier molecular flexibility index (Phi) is 4.14. The molecule has 2 rings (SSSR count). The molecule has 1 unspecified atom stereocenters. The largest absolute Gasteiger partial charge is 0.493 e. The molecular formula is C14H15FN2O3. The molecule has 1 atom stereocenters. The Bertz CT molecular complexity index is 670. The number of halogens is 1. The number of aromatic nitrogens is 2. The lowest BCUT2D eigenvalue weighted by atomic mass is 10.1. The first kappa shape index (κ1) is 14.2. The van der Waals surface area contributed by atoms with Gasteiger partial charge in [0, 0.05) is 6.61 Å². The zero-order chi connectivity index (χ0) is 14.7. The highest BCUT2D eigenvalue weighted by molar-refractivity contribution is 5.67. The second kappa shape index (κ2) is 5.83. The average Bonchev–Trinajstić information content (AvgIpc) is 2.38. The number of nitrogens with zero attached hydrogens (tertiary/aromatic N) is 1. The Morgan fingerprint density at radius 1 is 1.50 bits per heavy atom. The fourth-order valence-corrected chi connectivity index (χ4v) is 1.90. The molecular weight excluding hydrogens is 263 g/mol. The van der Waals surface area contributed by atoms with Gasteiger partial charge in [0.1, 0.15) is 23.3 Å². The van der Waals surface area contributed by atoms with Gasteiger partial charge in [-0.15, -0.1) is 0 Å². The number of hydrogen-bond donors (Lipinski definition) is 2. The van der Waals surface area contributed by atoms with E-state index in [2.05, 4.69) is 9.97 Å². The Hall–Kier alpha value is -2.21. The summed E-state index contributed by atoms with van der Waals surface area (Å²) in [5.41, 5.74) is -0.325. The van der Waals surface area contributed by atoms with E-state index < -0.39 is 23.4 Å². The molecule has 6 heteroatoms. The number of aromatic hydroxyl groups is 1. The van der Waals surface area contributed by atoms with Crippen LogP contribution in [-0.4, -0.2) is 21.7 Å². The molecule has 106 valence electrons. The Balaban J connectivity index is 2.49. The second-order valence-corrected chi connectivity index (χ2v) is 4.26. The van der Waals surface area contributed by atoms with Gasteiger partial charge in [0.25, 0.3) is 5.56 Å². The summed E-state index contributed by atoms with van der Waals surface area (Å²) in [6.45, 7) is 3.98. The van der Waals surface area contributed by atoms with Crippen LogP contribution >= 0.6 is 0 Å². The third-order valence-electron chi connectivity index (χ3n) is 2.83. The van der Waals surface area contributed by atoms with Crippen LogP contribution in [0.4, 0.5) is 4.39 Å². The van der Waals surface area contributed by atoms with Crippen molar-refractivity contribution >= 4 is 0 Å². The summed E-state index contributed by atoms with van der Waals surface area (Å²) >= 11 is 0. The van der Waals surface area contributed by atoms with Crippen molar-refractivity contribution in [2.75, 3.05) is 6.61 Å². The van der Waals surface area contributed by atoms with Crippen LogP contribution in [0.25, 0.3) is 11.1 Å². The van der Waals surface area contributed by atoms with Gasteiger partial charge in [-0.05, 0) is 31.5 Å². The molecule has 1 aromatic heterocycles. The predicted octanol–water partition coefficient (Wildman–Crippen LogP) is 2.38. The molecule has 0 aliphatic rings. The number of aromatic amines is 1. The Morgan fingerprint density at radius 2 is 2.25 bits per heavy atom. The molecule has 0 saturated heterocycles. The van der Waals surface area contributed by atoms with E-state index in [1.165, 1.54) is 18.2 Å². The number of H-pyrrole nitrogens is 1. The topological polar surface area (TPSA) is 75.2 Å². The fourth-order valence-electron chi connectivity index (χ4n) is 1.90. The first-order valence-corrected chi connectivity index (χ1v) is 6.23. The van der Waals surface area contributed by atoms with Crippen LogP contribution < -0.4 is 5.56 Å². The molecule has 1 heterocycles. The maximum atomic E-state index is 13.2. The highest BCUT2D eigenvalue weighted by Crippen LogP contribution is 2.25. The number of nitrogens with one attached hydrogen (secondary N) is 1. The molecule has 0 fully saturated rings. The minimum Gasteiger partial charge on any atom is -0.493 e. The van der Waals surface area contributed by atoms with Gasteiger partial charge in [-0.3, -0.25) is 4.79 Å². The molecule has 0 amide bonds. The Morgan fingerprint density at radius 3 is 2.85 bits per heavy atom. The third kappa shape index (κ3) is 2.85. The molecule has 20 heavy (non-hydrogen) atoms. The monoisotopic (exact) mass is 278 g/mol. The summed E-state index contributed by atoms with van der Waals surface area (Å²) in [6.07, 6.45) is -0.444. The first-order valence-electron chi connectivity index (χ1n) is 6.23. The predicted molar refractivity (Wildman–Crippen MR) is 72.0 cm³/mol. The normalized spacial score (nSPS) is 12.3. The summed E-state index contributed by atoms with van der Waals surface area (Å²) in [5, 5.41) is 9.92. The van der Waals surface area contributed by atoms with Crippen molar-refractivity contribution in [1.29, 1.82) is 0 Å². The van der Waals surface area contributed by atoms with E-state index in [-0.39, 0.29) is 17.0 Å². The van der Waals surface area contributed by atoms with Crippen molar-refractivity contribution in [2.45, 2.75) is 20.0 Å². The van der Waals surface area contributed by atoms with Gasteiger partial charge in [-0.2, -0.15) is 4.98 Å². The fraction of sp³-hybridized carbons (Fsp3) is 0.286. The number of rotatable bonds is 4. The van der Waals surface area contributed by atoms with Gasteiger partial charge < -0.3 is 14.8 Å². The van der Waals surface area contributed by atoms with Crippen LogP contribution in [0.3, 0.4) is 0 Å². The standard InChI is InChI=1S/C14H15FN2O3/c1-3-20-8(2)12-16-13(18)11(14(19)17-12)9-5-4-6-10(15)7-9/h4-8H,3H2,1-2H3,(H2,16,17,18,19). The van der Waals surface area contributed by atoms with Crippen LogP contribution in [0.2, 0.25) is 0 Å². The van der Waals surface area contributed by atoms with Crippen LogP contribution in [0.15, 0.2) is 29.1 Å². The number of ether oxygens (including phenoxy) is 1. The van der Waals surface area contributed by atoms with Crippen molar-refractivity contribution in [3.63, 3.8) is 0 Å². The minimum atomic E-state index is -0.537. The van der Waals surface area contributed by atoms with Crippen LogP contribution in [0.1, 0.15) is 25.8 Å². The van der Waals surface area contributed by atoms with Crippen LogP contribution in [0.5, 0.6) is 5.88 Å². The van der Waals surface area contributed by atoms with E-state index in [1.807, 2.05) is 6.92 Å². The smallest absolute Gasteiger partial charge is 0.262 e. The highest BCUT2D eigenvalue weighted by atomic mass is 19.1.